The molecule has 0 spiro atoms. The van der Waals surface area contributed by atoms with Gasteiger partial charge in [-0.05, 0) is 38.2 Å². The first-order chi connectivity index (χ1) is 14.6. The number of ether oxygens (including phenoxy) is 1. The Bertz CT molecular complexity index is 732. The van der Waals surface area contributed by atoms with Crippen LogP contribution in [0.1, 0.15) is 57.4 Å². The number of benzene rings is 1. The van der Waals surface area contributed by atoms with Crippen molar-refractivity contribution in [1.29, 1.82) is 0 Å². The maximum atomic E-state index is 12.8. The van der Waals surface area contributed by atoms with Gasteiger partial charge in [-0.2, -0.15) is 0 Å². The van der Waals surface area contributed by atoms with E-state index in [2.05, 4.69) is 6.08 Å². The fraction of sp³-hybridized carbons (Fsp3) is 0.560. The summed E-state index contributed by atoms with van der Waals surface area (Å²) in [7, 11) is 1.56. The molecule has 0 aromatic heterocycles. The van der Waals surface area contributed by atoms with Crippen molar-refractivity contribution in [2.24, 2.45) is 5.92 Å². The Labute approximate surface area is 180 Å². The van der Waals surface area contributed by atoms with Crippen molar-refractivity contribution in [1.82, 2.24) is 5.06 Å². The maximum absolute atomic E-state index is 12.8. The van der Waals surface area contributed by atoms with Crippen LogP contribution in [0.3, 0.4) is 0 Å². The van der Waals surface area contributed by atoms with Crippen LogP contribution in [-0.4, -0.2) is 47.5 Å². The molecule has 3 rings (SSSR count). The van der Waals surface area contributed by atoms with Gasteiger partial charge in [0.25, 0.3) is 0 Å². The van der Waals surface area contributed by atoms with E-state index < -0.39 is 6.10 Å². The minimum absolute atomic E-state index is 0.000227. The highest BCUT2D eigenvalue weighted by molar-refractivity contribution is 5.75. The number of fused-ring (bicyclic) bond motifs is 2. The molecule has 1 amide bonds. The molecule has 1 N–H and O–H groups in total. The fourth-order valence-electron chi connectivity index (χ4n) is 4.64. The highest BCUT2D eigenvalue weighted by Gasteiger charge is 2.52. The summed E-state index contributed by atoms with van der Waals surface area (Å²) >= 11 is 0. The molecule has 2 saturated heterocycles. The largest absolute Gasteiger partial charge is 0.388 e. The number of carbonyl (C=O) groups excluding carboxylic acids is 1. The Hall–Kier alpha value is -1.95. The van der Waals surface area contributed by atoms with E-state index in [1.165, 1.54) is 5.06 Å². The van der Waals surface area contributed by atoms with E-state index in [4.69, 9.17) is 9.57 Å². The molecule has 5 heteroatoms. The summed E-state index contributed by atoms with van der Waals surface area (Å²) in [6, 6.07) is 9.87. The lowest BCUT2D eigenvalue weighted by Crippen LogP contribution is -2.49. The summed E-state index contributed by atoms with van der Waals surface area (Å²) in [5, 5.41) is 12.2. The van der Waals surface area contributed by atoms with E-state index in [0.717, 1.165) is 31.2 Å². The van der Waals surface area contributed by atoms with Gasteiger partial charge in [0.2, 0.25) is 5.91 Å². The Morgan fingerprint density at radius 2 is 2.03 bits per heavy atom. The lowest BCUT2D eigenvalue weighted by Gasteiger charge is -2.34. The monoisotopic (exact) mass is 413 g/mol. The summed E-state index contributed by atoms with van der Waals surface area (Å²) in [6.45, 7) is 4.01. The van der Waals surface area contributed by atoms with E-state index >= 15 is 0 Å². The number of hydrogen-bond acceptors (Lipinski definition) is 4. The third-order valence-corrected chi connectivity index (χ3v) is 6.37. The quantitative estimate of drug-likeness (QED) is 0.351. The van der Waals surface area contributed by atoms with Gasteiger partial charge in [0.15, 0.2) is 0 Å². The van der Waals surface area contributed by atoms with Gasteiger partial charge in [-0.25, -0.2) is 5.06 Å². The molecule has 6 atom stereocenters. The van der Waals surface area contributed by atoms with E-state index in [1.54, 1.807) is 7.11 Å². The van der Waals surface area contributed by atoms with Crippen LogP contribution in [-0.2, 0) is 14.4 Å². The molecule has 0 saturated carbocycles. The summed E-state index contributed by atoms with van der Waals surface area (Å²) in [5.41, 5.74) is 1.10. The van der Waals surface area contributed by atoms with E-state index in [9.17, 15) is 9.90 Å². The third kappa shape index (κ3) is 5.20. The zero-order chi connectivity index (χ0) is 21.5. The number of aliphatic hydroxyl groups is 1. The lowest BCUT2D eigenvalue weighted by molar-refractivity contribution is -0.196. The van der Waals surface area contributed by atoms with Crippen LogP contribution >= 0.6 is 0 Å². The topological polar surface area (TPSA) is 59.0 Å². The van der Waals surface area contributed by atoms with Gasteiger partial charge < -0.3 is 9.84 Å². The Balaban J connectivity index is 1.68. The number of unbranched alkanes of at least 4 members (excludes halogenated alkanes) is 1. The van der Waals surface area contributed by atoms with Crippen molar-refractivity contribution in [3.8, 4) is 0 Å². The number of carbonyl (C=O) groups is 1. The highest BCUT2D eigenvalue weighted by Crippen LogP contribution is 2.43. The summed E-state index contributed by atoms with van der Waals surface area (Å²) < 4.78 is 6.13. The molecule has 1 aromatic rings. The molecular weight excluding hydrogens is 378 g/mol. The van der Waals surface area contributed by atoms with Gasteiger partial charge in [-0.15, -0.1) is 0 Å². The molecule has 2 aliphatic rings. The van der Waals surface area contributed by atoms with Crippen molar-refractivity contribution in [2.45, 2.75) is 76.2 Å². The zero-order valence-electron chi connectivity index (χ0n) is 18.3. The van der Waals surface area contributed by atoms with Crippen LogP contribution in [0.15, 0.2) is 54.6 Å². The SMILES string of the molecule is C/C=C\CCCC(=O)N(OC)[C@H]1[C@@H](/C=C/C(O)C(C)c2ccccc2)[C@H]2CC[C@@H]1O2. The second kappa shape index (κ2) is 10.9. The standard InChI is InChI=1S/C25H35NO4/c1-4-5-6-10-13-24(28)26(29-3)25-20(22-16-17-23(25)30-22)14-15-21(27)18(2)19-11-8-7-9-12-19/h4-5,7-9,11-12,14-15,18,20-23,25,27H,6,10,13,16-17H2,1-3H3/b5-4-,15-14+/t18?,20-,21?,22+,23-,25-/m0/s1. The van der Waals surface area contributed by atoms with Crippen LogP contribution in [0.2, 0.25) is 0 Å². The number of aliphatic hydroxyl groups excluding tert-OH is 1. The van der Waals surface area contributed by atoms with E-state index in [-0.39, 0.29) is 36.0 Å². The molecule has 164 valence electrons. The van der Waals surface area contributed by atoms with Crippen molar-refractivity contribution in [3.63, 3.8) is 0 Å². The van der Waals surface area contributed by atoms with Crippen LogP contribution < -0.4 is 0 Å². The molecule has 2 unspecified atom stereocenters. The average Bonchev–Trinajstić information content (AvgIpc) is 3.38. The smallest absolute Gasteiger partial charge is 0.246 e. The van der Waals surface area contributed by atoms with Crippen molar-refractivity contribution in [3.05, 3.63) is 60.2 Å². The zero-order valence-corrected chi connectivity index (χ0v) is 18.3. The second-order valence-corrected chi connectivity index (χ2v) is 8.30. The first kappa shape index (κ1) is 22.7. The molecule has 30 heavy (non-hydrogen) atoms. The summed E-state index contributed by atoms with van der Waals surface area (Å²) in [6.07, 6.45) is 11.5. The van der Waals surface area contributed by atoms with Crippen molar-refractivity contribution in [2.75, 3.05) is 7.11 Å². The molecular formula is C25H35NO4. The predicted octanol–water partition coefficient (Wildman–Crippen LogP) is 4.39. The molecule has 0 aliphatic carbocycles. The number of allylic oxidation sites excluding steroid dienone is 2. The van der Waals surface area contributed by atoms with Crippen LogP contribution in [0.5, 0.6) is 0 Å². The molecule has 2 heterocycles. The molecule has 0 radical (unpaired) electrons. The fourth-order valence-corrected chi connectivity index (χ4v) is 4.64. The Morgan fingerprint density at radius 3 is 2.73 bits per heavy atom. The van der Waals surface area contributed by atoms with Gasteiger partial charge in [-0.1, -0.05) is 61.6 Å². The number of amides is 1. The first-order valence-electron chi connectivity index (χ1n) is 11.1. The van der Waals surface area contributed by atoms with E-state index in [1.807, 2.05) is 62.4 Å². The van der Waals surface area contributed by atoms with Gasteiger partial charge in [0.05, 0.1) is 31.5 Å². The Kier molecular flexibility index (Phi) is 8.25. The number of rotatable bonds is 10. The Morgan fingerprint density at radius 1 is 1.30 bits per heavy atom. The van der Waals surface area contributed by atoms with Gasteiger partial charge in [-0.3, -0.25) is 9.63 Å². The number of hydroxylamine groups is 2. The van der Waals surface area contributed by atoms with Gasteiger partial charge >= 0.3 is 0 Å². The van der Waals surface area contributed by atoms with Crippen molar-refractivity contribution < 1.29 is 19.5 Å². The van der Waals surface area contributed by atoms with E-state index in [0.29, 0.717) is 6.42 Å². The van der Waals surface area contributed by atoms with Crippen LogP contribution in [0.4, 0.5) is 0 Å². The first-order valence-corrected chi connectivity index (χ1v) is 11.1. The predicted molar refractivity (Wildman–Crippen MR) is 118 cm³/mol. The maximum Gasteiger partial charge on any atom is 0.246 e. The molecule has 1 aromatic carbocycles. The third-order valence-electron chi connectivity index (χ3n) is 6.37. The minimum Gasteiger partial charge on any atom is -0.388 e. The van der Waals surface area contributed by atoms with Crippen LogP contribution in [0.25, 0.3) is 0 Å². The second-order valence-electron chi connectivity index (χ2n) is 8.30. The number of nitrogens with zero attached hydrogens (tertiary/aromatic N) is 1. The van der Waals surface area contributed by atoms with Gasteiger partial charge in [0, 0.05) is 18.3 Å². The molecule has 5 nitrogen and oxygen atoms in total. The van der Waals surface area contributed by atoms with Crippen LogP contribution in [0, 0.1) is 5.92 Å². The molecule has 2 fully saturated rings. The average molecular weight is 414 g/mol. The highest BCUT2D eigenvalue weighted by atomic mass is 16.7. The van der Waals surface area contributed by atoms with Crippen molar-refractivity contribution >= 4 is 5.91 Å². The minimum atomic E-state index is -0.597. The number of hydrogen-bond donors (Lipinski definition) is 1. The normalized spacial score (nSPS) is 27.7. The molecule has 2 bridgehead atoms. The van der Waals surface area contributed by atoms with Gasteiger partial charge in [0.1, 0.15) is 0 Å². The summed E-state index contributed by atoms with van der Waals surface area (Å²) in [5.74, 6) is 0.0211. The lowest BCUT2D eigenvalue weighted by atomic mass is 9.83. The molecule has 2 aliphatic heterocycles. The summed E-state index contributed by atoms with van der Waals surface area (Å²) in [4.78, 5) is 18.4.